The number of rotatable bonds is 7. The molecule has 1 aliphatic carbocycles. The molecule has 1 aliphatic rings. The molecule has 0 amide bonds. The zero-order chi connectivity index (χ0) is 14.2. The Morgan fingerprint density at radius 2 is 1.90 bits per heavy atom. The largest absolute Gasteiger partial charge is 0.379 e. The summed E-state index contributed by atoms with van der Waals surface area (Å²) in [6.07, 6.45) is 6.82. The lowest BCUT2D eigenvalue weighted by Gasteiger charge is -2.33. The number of benzene rings is 1. The van der Waals surface area contributed by atoms with Crippen molar-refractivity contribution >= 4 is 0 Å². The first-order valence-corrected chi connectivity index (χ1v) is 8.17. The Morgan fingerprint density at radius 3 is 2.65 bits per heavy atom. The highest BCUT2D eigenvalue weighted by Gasteiger charge is 2.25. The van der Waals surface area contributed by atoms with Crippen LogP contribution in [0.3, 0.4) is 0 Å². The zero-order valence-electron chi connectivity index (χ0n) is 13.0. The molecular formula is C18H29NO. The highest BCUT2D eigenvalue weighted by molar-refractivity contribution is 5.21. The van der Waals surface area contributed by atoms with Crippen LogP contribution in [-0.2, 0) is 4.74 Å². The van der Waals surface area contributed by atoms with Crippen LogP contribution in [0.25, 0.3) is 0 Å². The Hall–Kier alpha value is -0.860. The molecule has 2 rings (SSSR count). The monoisotopic (exact) mass is 275 g/mol. The van der Waals surface area contributed by atoms with Gasteiger partial charge in [0.2, 0.25) is 0 Å². The summed E-state index contributed by atoms with van der Waals surface area (Å²) in [4.78, 5) is 0. The van der Waals surface area contributed by atoms with Crippen molar-refractivity contribution in [2.75, 3.05) is 13.2 Å². The first-order valence-electron chi connectivity index (χ1n) is 8.17. The molecule has 2 nitrogen and oxygen atoms in total. The van der Waals surface area contributed by atoms with E-state index in [0.717, 1.165) is 19.6 Å². The Kier molecular flexibility index (Phi) is 6.55. The van der Waals surface area contributed by atoms with Crippen LogP contribution in [-0.4, -0.2) is 25.3 Å². The molecular weight excluding hydrogens is 246 g/mol. The Bertz CT molecular complexity index is 363. The molecule has 2 heteroatoms. The maximum atomic E-state index is 5.60. The highest BCUT2D eigenvalue weighted by atomic mass is 16.5. The molecule has 0 bridgehead atoms. The van der Waals surface area contributed by atoms with Gasteiger partial charge in [-0.1, -0.05) is 43.2 Å². The van der Waals surface area contributed by atoms with Crippen LogP contribution in [0.4, 0.5) is 0 Å². The molecule has 20 heavy (non-hydrogen) atoms. The van der Waals surface area contributed by atoms with E-state index in [1.165, 1.54) is 31.2 Å². The molecule has 0 saturated heterocycles. The summed E-state index contributed by atoms with van der Waals surface area (Å²) in [5, 5.41) is 3.76. The van der Waals surface area contributed by atoms with Crippen LogP contribution in [0.2, 0.25) is 0 Å². The van der Waals surface area contributed by atoms with Gasteiger partial charge in [-0.05, 0) is 51.1 Å². The summed E-state index contributed by atoms with van der Waals surface area (Å²) in [5.41, 5.74) is 1.50. The van der Waals surface area contributed by atoms with E-state index in [0.29, 0.717) is 18.1 Å². The lowest BCUT2D eigenvalue weighted by atomic mass is 9.80. The van der Waals surface area contributed by atoms with Gasteiger partial charge < -0.3 is 10.1 Å². The van der Waals surface area contributed by atoms with Gasteiger partial charge in [-0.2, -0.15) is 0 Å². The Balaban J connectivity index is 1.79. The minimum absolute atomic E-state index is 0.349. The van der Waals surface area contributed by atoms with Crippen molar-refractivity contribution in [2.24, 2.45) is 0 Å². The predicted molar refractivity (Wildman–Crippen MR) is 85.1 cm³/mol. The van der Waals surface area contributed by atoms with Gasteiger partial charge in [0.25, 0.3) is 0 Å². The lowest BCUT2D eigenvalue weighted by Crippen LogP contribution is -2.38. The van der Waals surface area contributed by atoms with Crippen LogP contribution >= 0.6 is 0 Å². The first kappa shape index (κ1) is 15.5. The van der Waals surface area contributed by atoms with E-state index >= 15 is 0 Å². The molecule has 1 N–H and O–H groups in total. The fourth-order valence-electron chi connectivity index (χ4n) is 3.15. The summed E-state index contributed by atoms with van der Waals surface area (Å²) >= 11 is 0. The molecule has 2 atom stereocenters. The van der Waals surface area contributed by atoms with E-state index in [2.05, 4.69) is 49.5 Å². The first-order chi connectivity index (χ1) is 9.77. The Morgan fingerprint density at radius 1 is 1.15 bits per heavy atom. The standard InChI is InChI=1S/C18H29NO/c1-15(2)20-14-8-13-19-18-12-7-6-11-17(18)16-9-4-3-5-10-16/h3-5,9-10,15,17-19H,6-8,11-14H2,1-2H3. The zero-order valence-corrected chi connectivity index (χ0v) is 13.0. The lowest BCUT2D eigenvalue weighted by molar-refractivity contribution is 0.0763. The molecule has 1 aromatic carbocycles. The maximum Gasteiger partial charge on any atom is 0.0518 e. The SMILES string of the molecule is CC(C)OCCCNC1CCCCC1c1ccccc1. The van der Waals surface area contributed by atoms with Crippen molar-refractivity contribution < 1.29 is 4.74 Å². The van der Waals surface area contributed by atoms with Crippen molar-refractivity contribution in [3.8, 4) is 0 Å². The van der Waals surface area contributed by atoms with E-state index in [1.54, 1.807) is 0 Å². The van der Waals surface area contributed by atoms with E-state index in [-0.39, 0.29) is 0 Å². The summed E-state index contributed by atoms with van der Waals surface area (Å²) in [6.45, 7) is 6.13. The summed E-state index contributed by atoms with van der Waals surface area (Å²) in [7, 11) is 0. The molecule has 1 saturated carbocycles. The summed E-state index contributed by atoms with van der Waals surface area (Å²) in [6, 6.07) is 11.6. The van der Waals surface area contributed by atoms with Crippen molar-refractivity contribution in [1.82, 2.24) is 5.32 Å². The smallest absolute Gasteiger partial charge is 0.0518 e. The minimum atomic E-state index is 0.349. The average molecular weight is 275 g/mol. The topological polar surface area (TPSA) is 21.3 Å². The maximum absolute atomic E-state index is 5.60. The van der Waals surface area contributed by atoms with E-state index < -0.39 is 0 Å². The van der Waals surface area contributed by atoms with Crippen LogP contribution < -0.4 is 5.32 Å². The van der Waals surface area contributed by atoms with Gasteiger partial charge in [0.05, 0.1) is 6.10 Å². The average Bonchev–Trinajstić information content (AvgIpc) is 2.48. The molecule has 0 aliphatic heterocycles. The molecule has 112 valence electrons. The third-order valence-electron chi connectivity index (χ3n) is 4.17. The normalized spacial score (nSPS) is 23.1. The quantitative estimate of drug-likeness (QED) is 0.756. The molecule has 0 heterocycles. The van der Waals surface area contributed by atoms with E-state index in [9.17, 15) is 0 Å². The van der Waals surface area contributed by atoms with Gasteiger partial charge >= 0.3 is 0 Å². The highest BCUT2D eigenvalue weighted by Crippen LogP contribution is 2.32. The molecule has 0 spiro atoms. The van der Waals surface area contributed by atoms with Gasteiger partial charge in [-0.25, -0.2) is 0 Å². The fourth-order valence-corrected chi connectivity index (χ4v) is 3.15. The van der Waals surface area contributed by atoms with E-state index in [4.69, 9.17) is 4.74 Å². The van der Waals surface area contributed by atoms with Gasteiger partial charge in [0.15, 0.2) is 0 Å². The number of nitrogens with one attached hydrogen (secondary N) is 1. The molecule has 0 radical (unpaired) electrons. The van der Waals surface area contributed by atoms with Crippen molar-refractivity contribution in [2.45, 2.75) is 64.0 Å². The van der Waals surface area contributed by atoms with Crippen LogP contribution in [0.15, 0.2) is 30.3 Å². The summed E-state index contributed by atoms with van der Waals surface area (Å²) < 4.78 is 5.60. The summed E-state index contributed by atoms with van der Waals surface area (Å²) in [5.74, 6) is 0.691. The van der Waals surface area contributed by atoms with Gasteiger partial charge in [-0.15, -0.1) is 0 Å². The number of hydrogen-bond donors (Lipinski definition) is 1. The van der Waals surface area contributed by atoms with Gasteiger partial charge in [0.1, 0.15) is 0 Å². The van der Waals surface area contributed by atoms with E-state index in [1.807, 2.05) is 0 Å². The fraction of sp³-hybridized carbons (Fsp3) is 0.667. The van der Waals surface area contributed by atoms with Gasteiger partial charge in [-0.3, -0.25) is 0 Å². The van der Waals surface area contributed by atoms with Crippen molar-refractivity contribution in [3.63, 3.8) is 0 Å². The Labute approximate surface area is 123 Å². The molecule has 2 unspecified atom stereocenters. The molecule has 1 fully saturated rings. The molecule has 0 aromatic heterocycles. The second-order valence-corrected chi connectivity index (χ2v) is 6.14. The van der Waals surface area contributed by atoms with Crippen LogP contribution in [0.5, 0.6) is 0 Å². The second-order valence-electron chi connectivity index (χ2n) is 6.14. The third-order valence-corrected chi connectivity index (χ3v) is 4.17. The van der Waals surface area contributed by atoms with Crippen molar-refractivity contribution in [1.29, 1.82) is 0 Å². The number of hydrogen-bond acceptors (Lipinski definition) is 2. The number of ether oxygens (including phenoxy) is 1. The third kappa shape index (κ3) is 4.92. The molecule has 1 aromatic rings. The van der Waals surface area contributed by atoms with Crippen LogP contribution in [0, 0.1) is 0 Å². The van der Waals surface area contributed by atoms with Gasteiger partial charge in [0, 0.05) is 12.6 Å². The van der Waals surface area contributed by atoms with Crippen LogP contribution in [0.1, 0.15) is 57.4 Å². The second kappa shape index (κ2) is 8.43. The van der Waals surface area contributed by atoms with Crippen molar-refractivity contribution in [3.05, 3.63) is 35.9 Å². The predicted octanol–water partition coefficient (Wildman–Crippen LogP) is 4.12. The minimum Gasteiger partial charge on any atom is -0.379 e.